The topological polar surface area (TPSA) is 42.2 Å². The third-order valence-corrected chi connectivity index (χ3v) is 3.46. The second-order valence-corrected chi connectivity index (χ2v) is 5.17. The molecule has 1 aromatic carbocycles. The molecule has 1 aliphatic rings. The lowest BCUT2D eigenvalue weighted by molar-refractivity contribution is 0.0685. The molecule has 1 heterocycles. The molecule has 0 radical (unpaired) electrons. The minimum atomic E-state index is -1.01. The van der Waals surface area contributed by atoms with E-state index < -0.39 is 11.8 Å². The second kappa shape index (κ2) is 3.57. The van der Waals surface area contributed by atoms with E-state index in [1.807, 2.05) is 0 Å². The van der Waals surface area contributed by atoms with Gasteiger partial charge >= 0.3 is 5.97 Å². The standard InChI is InChI=1S/C12H9BrFNO2/c13-6-3-9(14)8-5-11(12(16)17)15(7-1-2-7)10(8)4-6/h3-5,7H,1-2H2,(H,16,17). The number of carboxylic acid groups (broad SMARTS) is 1. The number of carbonyl (C=O) groups is 1. The third kappa shape index (κ3) is 1.65. The van der Waals surface area contributed by atoms with Crippen LogP contribution in [0.5, 0.6) is 0 Å². The zero-order chi connectivity index (χ0) is 12.2. The van der Waals surface area contributed by atoms with Crippen LogP contribution in [0.2, 0.25) is 0 Å². The van der Waals surface area contributed by atoms with Crippen molar-refractivity contribution in [3.05, 3.63) is 34.2 Å². The van der Waals surface area contributed by atoms with E-state index >= 15 is 0 Å². The molecular formula is C12H9BrFNO2. The molecule has 2 aromatic rings. The molecule has 0 atom stereocenters. The second-order valence-electron chi connectivity index (χ2n) is 4.26. The highest BCUT2D eigenvalue weighted by Gasteiger charge is 2.30. The lowest BCUT2D eigenvalue weighted by atomic mass is 10.2. The Morgan fingerprint density at radius 3 is 2.71 bits per heavy atom. The normalized spacial score (nSPS) is 15.4. The van der Waals surface area contributed by atoms with Crippen LogP contribution in [-0.2, 0) is 0 Å². The summed E-state index contributed by atoms with van der Waals surface area (Å²) in [5.41, 5.74) is 0.816. The number of fused-ring (bicyclic) bond motifs is 1. The zero-order valence-corrected chi connectivity index (χ0v) is 10.4. The summed E-state index contributed by atoms with van der Waals surface area (Å²) in [6, 6.07) is 4.74. The van der Waals surface area contributed by atoms with Crippen molar-refractivity contribution in [2.45, 2.75) is 18.9 Å². The van der Waals surface area contributed by atoms with Crippen LogP contribution in [0.3, 0.4) is 0 Å². The lowest BCUT2D eigenvalue weighted by Crippen LogP contribution is -2.06. The lowest BCUT2D eigenvalue weighted by Gasteiger charge is -2.06. The van der Waals surface area contributed by atoms with Crippen molar-refractivity contribution in [1.29, 1.82) is 0 Å². The summed E-state index contributed by atoms with van der Waals surface area (Å²) in [6.07, 6.45) is 1.91. The highest BCUT2D eigenvalue weighted by molar-refractivity contribution is 9.10. The smallest absolute Gasteiger partial charge is 0.352 e. The Labute approximate surface area is 105 Å². The molecule has 1 saturated carbocycles. The number of halogens is 2. The summed E-state index contributed by atoms with van der Waals surface area (Å²) in [6.45, 7) is 0. The maximum Gasteiger partial charge on any atom is 0.352 e. The van der Waals surface area contributed by atoms with Crippen molar-refractivity contribution in [3.63, 3.8) is 0 Å². The van der Waals surface area contributed by atoms with E-state index in [0.29, 0.717) is 15.4 Å². The van der Waals surface area contributed by atoms with Crippen molar-refractivity contribution < 1.29 is 14.3 Å². The number of hydrogen-bond donors (Lipinski definition) is 1. The molecule has 0 saturated heterocycles. The first-order valence-corrected chi connectivity index (χ1v) is 6.10. The molecule has 0 spiro atoms. The fourth-order valence-electron chi connectivity index (χ4n) is 2.14. The monoisotopic (exact) mass is 297 g/mol. The van der Waals surface area contributed by atoms with E-state index in [1.54, 1.807) is 10.6 Å². The molecule has 1 aliphatic carbocycles. The van der Waals surface area contributed by atoms with E-state index in [9.17, 15) is 9.18 Å². The highest BCUT2D eigenvalue weighted by Crippen LogP contribution is 2.40. The Morgan fingerprint density at radius 2 is 2.12 bits per heavy atom. The van der Waals surface area contributed by atoms with E-state index in [-0.39, 0.29) is 11.7 Å². The molecular weight excluding hydrogens is 289 g/mol. The molecule has 0 aliphatic heterocycles. The fraction of sp³-hybridized carbons (Fsp3) is 0.250. The maximum absolute atomic E-state index is 13.8. The fourth-order valence-corrected chi connectivity index (χ4v) is 2.56. The van der Waals surface area contributed by atoms with Crippen molar-refractivity contribution in [3.8, 4) is 0 Å². The molecule has 5 heteroatoms. The van der Waals surface area contributed by atoms with Gasteiger partial charge in [0, 0.05) is 15.9 Å². The minimum Gasteiger partial charge on any atom is -0.477 e. The van der Waals surface area contributed by atoms with E-state index in [0.717, 1.165) is 12.8 Å². The van der Waals surface area contributed by atoms with Crippen molar-refractivity contribution >= 4 is 32.8 Å². The van der Waals surface area contributed by atoms with E-state index in [2.05, 4.69) is 15.9 Å². The summed E-state index contributed by atoms with van der Waals surface area (Å²) in [5.74, 6) is -1.40. The average molecular weight is 298 g/mol. The van der Waals surface area contributed by atoms with Gasteiger partial charge in [-0.3, -0.25) is 0 Å². The molecule has 3 rings (SSSR count). The van der Waals surface area contributed by atoms with Gasteiger partial charge in [0.1, 0.15) is 11.5 Å². The predicted octanol–water partition coefficient (Wildman–Crippen LogP) is 3.58. The van der Waals surface area contributed by atoms with Gasteiger partial charge in [0.25, 0.3) is 0 Å². The number of nitrogens with zero attached hydrogens (tertiary/aromatic N) is 1. The molecule has 0 bridgehead atoms. The first-order valence-electron chi connectivity index (χ1n) is 5.31. The first kappa shape index (κ1) is 10.8. The minimum absolute atomic E-state index is 0.166. The van der Waals surface area contributed by atoms with Crippen LogP contribution in [0.25, 0.3) is 10.9 Å². The van der Waals surface area contributed by atoms with Crippen LogP contribution in [0.4, 0.5) is 4.39 Å². The molecule has 17 heavy (non-hydrogen) atoms. The molecule has 1 N–H and O–H groups in total. The molecule has 0 unspecified atom stereocenters. The van der Waals surface area contributed by atoms with E-state index in [4.69, 9.17) is 5.11 Å². The Bertz CT molecular complexity index is 631. The van der Waals surface area contributed by atoms with Gasteiger partial charge < -0.3 is 9.67 Å². The molecule has 0 amide bonds. The molecule has 1 fully saturated rings. The third-order valence-electron chi connectivity index (χ3n) is 3.00. The van der Waals surface area contributed by atoms with Gasteiger partial charge in [-0.05, 0) is 31.0 Å². The van der Waals surface area contributed by atoms with Gasteiger partial charge in [-0.2, -0.15) is 0 Å². The highest BCUT2D eigenvalue weighted by atomic mass is 79.9. The number of carboxylic acids is 1. The van der Waals surface area contributed by atoms with E-state index in [1.165, 1.54) is 12.1 Å². The molecule has 1 aromatic heterocycles. The maximum atomic E-state index is 13.8. The SMILES string of the molecule is O=C(O)c1cc2c(F)cc(Br)cc2n1C1CC1. The zero-order valence-electron chi connectivity index (χ0n) is 8.78. The summed E-state index contributed by atoms with van der Waals surface area (Å²) in [7, 11) is 0. The Kier molecular flexibility index (Phi) is 2.26. The van der Waals surface area contributed by atoms with Crippen LogP contribution >= 0.6 is 15.9 Å². The summed E-state index contributed by atoms with van der Waals surface area (Å²) in [4.78, 5) is 11.2. The Morgan fingerprint density at radius 1 is 1.41 bits per heavy atom. The van der Waals surface area contributed by atoms with Crippen LogP contribution in [0, 0.1) is 5.82 Å². The number of hydrogen-bond acceptors (Lipinski definition) is 1. The van der Waals surface area contributed by atoms with Crippen LogP contribution in [-0.4, -0.2) is 15.6 Å². The summed E-state index contributed by atoms with van der Waals surface area (Å²) >= 11 is 3.23. The van der Waals surface area contributed by atoms with Crippen LogP contribution < -0.4 is 0 Å². The van der Waals surface area contributed by atoms with Gasteiger partial charge in [-0.25, -0.2) is 9.18 Å². The van der Waals surface area contributed by atoms with Gasteiger partial charge in [-0.15, -0.1) is 0 Å². The van der Waals surface area contributed by atoms with Crippen LogP contribution in [0.1, 0.15) is 29.4 Å². The Balaban J connectivity index is 2.38. The number of benzene rings is 1. The number of aromatic carboxylic acids is 1. The number of rotatable bonds is 2. The van der Waals surface area contributed by atoms with Crippen molar-refractivity contribution in [1.82, 2.24) is 4.57 Å². The molecule has 88 valence electrons. The largest absolute Gasteiger partial charge is 0.477 e. The summed E-state index contributed by atoms with van der Waals surface area (Å²) in [5, 5.41) is 9.52. The van der Waals surface area contributed by atoms with Crippen molar-refractivity contribution in [2.24, 2.45) is 0 Å². The first-order chi connectivity index (χ1) is 8.08. The van der Waals surface area contributed by atoms with Crippen molar-refractivity contribution in [2.75, 3.05) is 0 Å². The summed E-state index contributed by atoms with van der Waals surface area (Å²) < 4.78 is 16.1. The van der Waals surface area contributed by atoms with Gasteiger partial charge in [0.15, 0.2) is 0 Å². The van der Waals surface area contributed by atoms with Gasteiger partial charge in [0.05, 0.1) is 5.52 Å². The number of aromatic nitrogens is 1. The Hall–Kier alpha value is -1.36. The van der Waals surface area contributed by atoms with Crippen LogP contribution in [0.15, 0.2) is 22.7 Å². The molecule has 3 nitrogen and oxygen atoms in total. The predicted molar refractivity (Wildman–Crippen MR) is 64.8 cm³/mol. The quantitative estimate of drug-likeness (QED) is 0.921. The van der Waals surface area contributed by atoms with Gasteiger partial charge in [-0.1, -0.05) is 15.9 Å². The van der Waals surface area contributed by atoms with Gasteiger partial charge in [0.2, 0.25) is 0 Å². The average Bonchev–Trinajstić information content (AvgIpc) is 2.99.